The molecule has 3 rings (SSSR count). The summed E-state index contributed by atoms with van der Waals surface area (Å²) in [6.45, 7) is 4.90. The topological polar surface area (TPSA) is 98.2 Å². The molecule has 3 aromatic rings. The van der Waals surface area contributed by atoms with Crippen molar-refractivity contribution in [2.75, 3.05) is 34.0 Å². The molecule has 1 aromatic heterocycles. The van der Waals surface area contributed by atoms with Gasteiger partial charge < -0.3 is 19.5 Å². The zero-order valence-corrected chi connectivity index (χ0v) is 21.0. The summed E-state index contributed by atoms with van der Waals surface area (Å²) in [6.07, 6.45) is 0.893. The van der Waals surface area contributed by atoms with Crippen LogP contribution in [0.1, 0.15) is 24.5 Å². The summed E-state index contributed by atoms with van der Waals surface area (Å²) in [4.78, 5) is 21.7. The van der Waals surface area contributed by atoms with Gasteiger partial charge in [-0.2, -0.15) is 5.10 Å². The number of nitrogens with zero attached hydrogens (tertiary/aromatic N) is 1. The van der Waals surface area contributed by atoms with Gasteiger partial charge in [0.1, 0.15) is 5.82 Å². The molecule has 0 bridgehead atoms. The second-order valence-electron chi connectivity index (χ2n) is 7.19. The van der Waals surface area contributed by atoms with Gasteiger partial charge in [-0.3, -0.25) is 9.59 Å². The predicted octanol–water partition coefficient (Wildman–Crippen LogP) is 4.05. The number of hydrazone groups is 1. The van der Waals surface area contributed by atoms with Crippen molar-refractivity contribution in [1.82, 2.24) is 10.7 Å². The Bertz CT molecular complexity index is 1150. The van der Waals surface area contributed by atoms with Gasteiger partial charge in [-0.05, 0) is 37.6 Å². The maximum absolute atomic E-state index is 13.8. The Morgan fingerprint density at radius 3 is 2.69 bits per heavy atom. The Balaban J connectivity index is 0.000000303. The zero-order valence-electron chi connectivity index (χ0n) is 20.2. The van der Waals surface area contributed by atoms with Crippen molar-refractivity contribution in [3.05, 3.63) is 58.7 Å². The van der Waals surface area contributed by atoms with Gasteiger partial charge >= 0.3 is 0 Å². The van der Waals surface area contributed by atoms with Crippen LogP contribution in [0.2, 0.25) is 0 Å². The molecule has 2 aromatic carbocycles. The Morgan fingerprint density at radius 1 is 1.20 bits per heavy atom. The Kier molecular flexibility index (Phi) is 11.6. The zero-order chi connectivity index (χ0) is 25.6. The Hall–Kier alpha value is -3.50. The van der Waals surface area contributed by atoms with Crippen molar-refractivity contribution in [2.24, 2.45) is 5.10 Å². The van der Waals surface area contributed by atoms with E-state index in [1.165, 1.54) is 23.0 Å². The molecule has 0 aliphatic heterocycles. The molecule has 8 nitrogen and oxygen atoms in total. The quantitative estimate of drug-likeness (QED) is 0.234. The van der Waals surface area contributed by atoms with Crippen LogP contribution in [-0.4, -0.2) is 52.0 Å². The molecule has 0 saturated heterocycles. The molecule has 1 heterocycles. The molecule has 0 aliphatic carbocycles. The SMILES string of the molecule is CCOc1ccc(C)cc1OC.COCC/C(=N\NC(=O)CNC=O)c1csc2c(F)cccc12. The fourth-order valence-electron chi connectivity index (χ4n) is 3.05. The molecule has 0 radical (unpaired) electrons. The smallest absolute Gasteiger partial charge is 0.259 e. The molecule has 0 saturated carbocycles. The van der Waals surface area contributed by atoms with Gasteiger partial charge in [0, 0.05) is 29.9 Å². The van der Waals surface area contributed by atoms with Gasteiger partial charge in [-0.25, -0.2) is 9.82 Å². The minimum Gasteiger partial charge on any atom is -0.493 e. The van der Waals surface area contributed by atoms with E-state index in [9.17, 15) is 14.0 Å². The van der Waals surface area contributed by atoms with Crippen LogP contribution in [0.15, 0.2) is 46.9 Å². The van der Waals surface area contributed by atoms with Crippen LogP contribution in [0, 0.1) is 12.7 Å². The van der Waals surface area contributed by atoms with E-state index in [-0.39, 0.29) is 12.4 Å². The summed E-state index contributed by atoms with van der Waals surface area (Å²) >= 11 is 1.28. The van der Waals surface area contributed by atoms with E-state index >= 15 is 0 Å². The number of methoxy groups -OCH3 is 2. The van der Waals surface area contributed by atoms with Crippen LogP contribution in [0.5, 0.6) is 11.5 Å². The average molecular weight is 504 g/mol. The van der Waals surface area contributed by atoms with E-state index in [2.05, 4.69) is 15.8 Å². The van der Waals surface area contributed by atoms with E-state index in [1.54, 1.807) is 25.7 Å². The summed E-state index contributed by atoms with van der Waals surface area (Å²) in [5, 5.41) is 8.90. The van der Waals surface area contributed by atoms with Gasteiger partial charge in [0.05, 0.1) is 37.3 Å². The molecule has 0 unspecified atom stereocenters. The number of carbonyl (C=O) groups excluding carboxylic acids is 2. The highest BCUT2D eigenvalue weighted by molar-refractivity contribution is 7.17. The number of hydrogen-bond acceptors (Lipinski definition) is 7. The number of ether oxygens (including phenoxy) is 3. The van der Waals surface area contributed by atoms with Gasteiger partial charge in [-0.1, -0.05) is 18.2 Å². The van der Waals surface area contributed by atoms with Crippen LogP contribution >= 0.6 is 11.3 Å². The third-order valence-electron chi connectivity index (χ3n) is 4.69. The van der Waals surface area contributed by atoms with Gasteiger partial charge in [0.2, 0.25) is 6.41 Å². The fraction of sp³-hybridized carbons (Fsp3) is 0.320. The third kappa shape index (κ3) is 8.34. The molecule has 0 atom stereocenters. The summed E-state index contributed by atoms with van der Waals surface area (Å²) in [5.74, 6) is 0.879. The molecule has 10 heteroatoms. The lowest BCUT2D eigenvalue weighted by molar-refractivity contribution is -0.122. The number of benzene rings is 2. The standard InChI is InChI=1S/C15H16FN3O3S.C10H14O2/c1-22-6-5-13(18-19-14(21)7-17-9-20)11-8-23-15-10(11)3-2-4-12(15)16;1-4-12-9-6-5-8(2)7-10(9)11-3/h2-4,8-9H,5-7H2,1H3,(H,17,20)(H,19,21);5-7H,4H2,1-3H3/b18-13+;. The lowest BCUT2D eigenvalue weighted by Gasteiger charge is -2.08. The van der Waals surface area contributed by atoms with Crippen molar-refractivity contribution >= 4 is 39.5 Å². The minimum atomic E-state index is -0.447. The number of hydrogen-bond donors (Lipinski definition) is 2. The first kappa shape index (κ1) is 27.7. The molecular weight excluding hydrogens is 473 g/mol. The number of fused-ring (bicyclic) bond motifs is 1. The maximum Gasteiger partial charge on any atom is 0.259 e. The van der Waals surface area contributed by atoms with E-state index in [0.717, 1.165) is 22.4 Å². The first-order chi connectivity index (χ1) is 16.9. The fourth-order valence-corrected chi connectivity index (χ4v) is 4.03. The molecule has 35 heavy (non-hydrogen) atoms. The van der Waals surface area contributed by atoms with Crippen molar-refractivity contribution in [3.8, 4) is 11.5 Å². The summed E-state index contributed by atoms with van der Waals surface area (Å²) in [6, 6.07) is 10.7. The van der Waals surface area contributed by atoms with Crippen LogP contribution < -0.4 is 20.2 Å². The van der Waals surface area contributed by atoms with Crippen molar-refractivity contribution in [1.29, 1.82) is 0 Å². The molecule has 2 N–H and O–H groups in total. The van der Waals surface area contributed by atoms with Crippen molar-refractivity contribution in [3.63, 3.8) is 0 Å². The lowest BCUT2D eigenvalue weighted by atomic mass is 10.1. The van der Waals surface area contributed by atoms with Gasteiger partial charge in [-0.15, -0.1) is 11.3 Å². The van der Waals surface area contributed by atoms with Crippen LogP contribution in [0.25, 0.3) is 10.1 Å². The highest BCUT2D eigenvalue weighted by Crippen LogP contribution is 2.29. The van der Waals surface area contributed by atoms with E-state index in [1.807, 2.05) is 38.1 Å². The lowest BCUT2D eigenvalue weighted by Crippen LogP contribution is -2.31. The predicted molar refractivity (Wildman–Crippen MR) is 136 cm³/mol. The number of aryl methyl sites for hydroxylation is 1. The highest BCUT2D eigenvalue weighted by atomic mass is 32.1. The molecule has 188 valence electrons. The van der Waals surface area contributed by atoms with E-state index < -0.39 is 5.91 Å². The van der Waals surface area contributed by atoms with E-state index in [4.69, 9.17) is 14.2 Å². The first-order valence-corrected chi connectivity index (χ1v) is 11.8. The molecule has 0 aliphatic rings. The summed E-state index contributed by atoms with van der Waals surface area (Å²) in [5.41, 5.74) is 4.89. The van der Waals surface area contributed by atoms with Gasteiger partial charge in [0.25, 0.3) is 5.91 Å². The van der Waals surface area contributed by atoms with Crippen molar-refractivity contribution in [2.45, 2.75) is 20.3 Å². The summed E-state index contributed by atoms with van der Waals surface area (Å²) < 4.78 is 29.9. The van der Waals surface area contributed by atoms with E-state index in [0.29, 0.717) is 36.5 Å². The van der Waals surface area contributed by atoms with Crippen LogP contribution in [0.4, 0.5) is 4.39 Å². The molecule has 0 spiro atoms. The second kappa shape index (κ2) is 14.7. The molecule has 0 fully saturated rings. The second-order valence-corrected chi connectivity index (χ2v) is 8.07. The Labute approximate surface area is 208 Å². The number of carbonyl (C=O) groups is 2. The number of thiophene rings is 1. The number of halogens is 1. The number of nitrogens with one attached hydrogen (secondary N) is 2. The third-order valence-corrected chi connectivity index (χ3v) is 5.69. The maximum atomic E-state index is 13.8. The summed E-state index contributed by atoms with van der Waals surface area (Å²) in [7, 11) is 3.22. The van der Waals surface area contributed by atoms with Crippen molar-refractivity contribution < 1.29 is 28.2 Å². The average Bonchev–Trinajstić information content (AvgIpc) is 3.30. The first-order valence-electron chi connectivity index (χ1n) is 10.9. The molecular formula is C25H30FN3O5S. The number of rotatable bonds is 11. The highest BCUT2D eigenvalue weighted by Gasteiger charge is 2.13. The normalized spacial score (nSPS) is 10.8. The van der Waals surface area contributed by atoms with Crippen LogP contribution in [-0.2, 0) is 14.3 Å². The monoisotopic (exact) mass is 503 g/mol. The Morgan fingerprint density at radius 2 is 2.00 bits per heavy atom. The van der Waals surface area contributed by atoms with Crippen LogP contribution in [0.3, 0.4) is 0 Å². The number of amides is 2. The molecule has 2 amide bonds. The largest absolute Gasteiger partial charge is 0.493 e. The minimum absolute atomic E-state index is 0.163. The van der Waals surface area contributed by atoms with Gasteiger partial charge in [0.15, 0.2) is 11.5 Å².